The summed E-state index contributed by atoms with van der Waals surface area (Å²) in [5.41, 5.74) is 0.882. The highest BCUT2D eigenvalue weighted by Crippen LogP contribution is 2.25. The normalized spacial score (nSPS) is 11.9. The van der Waals surface area contributed by atoms with Gasteiger partial charge in [0, 0.05) is 23.0 Å². The molecule has 0 saturated heterocycles. The first kappa shape index (κ1) is 22.6. The summed E-state index contributed by atoms with van der Waals surface area (Å²) in [5, 5.41) is 5.47. The third-order valence-corrected chi connectivity index (χ3v) is 5.22. The van der Waals surface area contributed by atoms with Crippen LogP contribution in [0.3, 0.4) is 0 Å². The molecule has 3 aromatic carbocycles. The van der Waals surface area contributed by atoms with E-state index in [2.05, 4.69) is 5.32 Å². The first-order chi connectivity index (χ1) is 14.8. The fraction of sp³-hybridized carbons (Fsp3) is 0.280. The molecular weight excluding hydrogens is 412 g/mol. The van der Waals surface area contributed by atoms with Crippen LogP contribution in [-0.4, -0.2) is 35.4 Å². The standard InChI is InChI=1S/C25H27ClN2O3/c1-17(2)27-25(30)18(3)28(15-19-11-13-21(26)14-12-19)24(29)16-31-23-10-6-8-20-7-4-5-9-22(20)23/h4-14,17-18H,15-16H2,1-3H3,(H,27,30). The van der Waals surface area contributed by atoms with Crippen LogP contribution in [0.1, 0.15) is 26.3 Å². The van der Waals surface area contributed by atoms with E-state index in [-0.39, 0.29) is 31.0 Å². The fourth-order valence-corrected chi connectivity index (χ4v) is 3.44. The monoisotopic (exact) mass is 438 g/mol. The number of rotatable bonds is 8. The highest BCUT2D eigenvalue weighted by molar-refractivity contribution is 6.30. The molecule has 0 bridgehead atoms. The van der Waals surface area contributed by atoms with E-state index in [4.69, 9.17) is 16.3 Å². The largest absolute Gasteiger partial charge is 0.483 e. The van der Waals surface area contributed by atoms with Crippen molar-refractivity contribution >= 4 is 34.2 Å². The number of carbonyl (C=O) groups is 2. The van der Waals surface area contributed by atoms with E-state index in [1.165, 1.54) is 4.90 Å². The molecule has 3 rings (SSSR count). The molecule has 0 aliphatic heterocycles. The molecule has 6 heteroatoms. The van der Waals surface area contributed by atoms with Gasteiger partial charge in [-0.05, 0) is 49.9 Å². The molecule has 1 atom stereocenters. The molecule has 162 valence electrons. The van der Waals surface area contributed by atoms with Crippen LogP contribution in [-0.2, 0) is 16.1 Å². The van der Waals surface area contributed by atoms with Crippen LogP contribution >= 0.6 is 11.6 Å². The SMILES string of the molecule is CC(C)NC(=O)C(C)N(Cc1ccc(Cl)cc1)C(=O)COc1cccc2ccccc12. The van der Waals surface area contributed by atoms with Gasteiger partial charge >= 0.3 is 0 Å². The molecule has 0 aliphatic carbocycles. The smallest absolute Gasteiger partial charge is 0.261 e. The molecule has 0 radical (unpaired) electrons. The van der Waals surface area contributed by atoms with Crippen molar-refractivity contribution in [3.8, 4) is 5.75 Å². The van der Waals surface area contributed by atoms with Gasteiger partial charge in [0.1, 0.15) is 11.8 Å². The van der Waals surface area contributed by atoms with E-state index < -0.39 is 6.04 Å². The number of amides is 2. The van der Waals surface area contributed by atoms with Gasteiger partial charge in [-0.1, -0.05) is 60.1 Å². The minimum absolute atomic E-state index is 0.0191. The molecule has 2 amide bonds. The van der Waals surface area contributed by atoms with Crippen molar-refractivity contribution in [1.82, 2.24) is 10.2 Å². The highest BCUT2D eigenvalue weighted by atomic mass is 35.5. The van der Waals surface area contributed by atoms with Gasteiger partial charge in [-0.3, -0.25) is 9.59 Å². The van der Waals surface area contributed by atoms with Gasteiger partial charge in [0.15, 0.2) is 6.61 Å². The summed E-state index contributed by atoms with van der Waals surface area (Å²) in [6.45, 7) is 5.62. The Bertz CT molecular complexity index is 1040. The maximum absolute atomic E-state index is 13.2. The average molecular weight is 439 g/mol. The lowest BCUT2D eigenvalue weighted by atomic mass is 10.1. The van der Waals surface area contributed by atoms with Crippen molar-refractivity contribution < 1.29 is 14.3 Å². The quantitative estimate of drug-likeness (QED) is 0.548. The van der Waals surface area contributed by atoms with Crippen LogP contribution in [0.5, 0.6) is 5.75 Å². The van der Waals surface area contributed by atoms with Crippen molar-refractivity contribution in [2.45, 2.75) is 39.4 Å². The van der Waals surface area contributed by atoms with E-state index in [1.54, 1.807) is 19.1 Å². The molecule has 0 aliphatic rings. The molecule has 0 spiro atoms. The number of benzene rings is 3. The first-order valence-electron chi connectivity index (χ1n) is 10.3. The molecule has 0 heterocycles. The number of halogens is 1. The summed E-state index contributed by atoms with van der Waals surface area (Å²) in [5.74, 6) is 0.161. The van der Waals surface area contributed by atoms with Crippen molar-refractivity contribution in [3.63, 3.8) is 0 Å². The zero-order valence-electron chi connectivity index (χ0n) is 18.0. The number of hydrogen-bond donors (Lipinski definition) is 1. The number of nitrogens with one attached hydrogen (secondary N) is 1. The molecule has 0 aromatic heterocycles. The van der Waals surface area contributed by atoms with Gasteiger partial charge in [0.2, 0.25) is 5.91 Å². The van der Waals surface area contributed by atoms with Crippen molar-refractivity contribution in [1.29, 1.82) is 0 Å². The van der Waals surface area contributed by atoms with Crippen LogP contribution in [0, 0.1) is 0 Å². The molecule has 0 saturated carbocycles. The predicted octanol–water partition coefficient (Wildman–Crippen LogP) is 4.81. The lowest BCUT2D eigenvalue weighted by molar-refractivity contribution is -0.142. The van der Waals surface area contributed by atoms with E-state index in [9.17, 15) is 9.59 Å². The number of carbonyl (C=O) groups excluding carboxylic acids is 2. The summed E-state index contributed by atoms with van der Waals surface area (Å²) in [4.78, 5) is 27.3. The summed E-state index contributed by atoms with van der Waals surface area (Å²) in [6, 6.07) is 20.1. The van der Waals surface area contributed by atoms with Crippen LogP contribution in [0.25, 0.3) is 10.8 Å². The van der Waals surface area contributed by atoms with Crippen LogP contribution in [0.2, 0.25) is 5.02 Å². The Morgan fingerprint density at radius 3 is 2.35 bits per heavy atom. The minimum atomic E-state index is -0.651. The molecular formula is C25H27ClN2O3. The Kier molecular flexibility index (Phi) is 7.53. The fourth-order valence-electron chi connectivity index (χ4n) is 3.32. The molecule has 0 fully saturated rings. The van der Waals surface area contributed by atoms with Gasteiger partial charge in [-0.15, -0.1) is 0 Å². The second-order valence-electron chi connectivity index (χ2n) is 7.75. The summed E-state index contributed by atoms with van der Waals surface area (Å²) in [7, 11) is 0. The second-order valence-corrected chi connectivity index (χ2v) is 8.19. The van der Waals surface area contributed by atoms with E-state index in [1.807, 2.05) is 68.4 Å². The van der Waals surface area contributed by atoms with E-state index in [0.717, 1.165) is 16.3 Å². The average Bonchev–Trinajstić information content (AvgIpc) is 2.76. The van der Waals surface area contributed by atoms with Gasteiger partial charge in [0.05, 0.1) is 0 Å². The van der Waals surface area contributed by atoms with Gasteiger partial charge in [-0.2, -0.15) is 0 Å². The van der Waals surface area contributed by atoms with Gasteiger partial charge in [0.25, 0.3) is 5.91 Å². The maximum Gasteiger partial charge on any atom is 0.261 e. The lowest BCUT2D eigenvalue weighted by Crippen LogP contribution is -2.50. The van der Waals surface area contributed by atoms with Crippen molar-refractivity contribution in [3.05, 3.63) is 77.3 Å². The topological polar surface area (TPSA) is 58.6 Å². The maximum atomic E-state index is 13.2. The highest BCUT2D eigenvalue weighted by Gasteiger charge is 2.27. The summed E-state index contributed by atoms with van der Waals surface area (Å²) < 4.78 is 5.89. The second kappa shape index (κ2) is 10.3. The first-order valence-corrected chi connectivity index (χ1v) is 10.7. The zero-order valence-corrected chi connectivity index (χ0v) is 18.7. The third kappa shape index (κ3) is 5.98. The Labute approximate surface area is 188 Å². The Morgan fingerprint density at radius 2 is 1.65 bits per heavy atom. The van der Waals surface area contributed by atoms with Gasteiger partial charge < -0.3 is 15.0 Å². The van der Waals surface area contributed by atoms with Crippen molar-refractivity contribution in [2.75, 3.05) is 6.61 Å². The Balaban J connectivity index is 1.78. The summed E-state index contributed by atoms with van der Waals surface area (Å²) in [6.07, 6.45) is 0. The lowest BCUT2D eigenvalue weighted by Gasteiger charge is -2.29. The van der Waals surface area contributed by atoms with Crippen molar-refractivity contribution in [2.24, 2.45) is 0 Å². The Hall–Kier alpha value is -3.05. The van der Waals surface area contributed by atoms with Crippen LogP contribution < -0.4 is 10.1 Å². The number of hydrogen-bond acceptors (Lipinski definition) is 3. The van der Waals surface area contributed by atoms with E-state index >= 15 is 0 Å². The van der Waals surface area contributed by atoms with Crippen LogP contribution in [0.15, 0.2) is 66.7 Å². The number of ether oxygens (including phenoxy) is 1. The zero-order chi connectivity index (χ0) is 22.4. The predicted molar refractivity (Wildman–Crippen MR) is 124 cm³/mol. The molecule has 3 aromatic rings. The molecule has 5 nitrogen and oxygen atoms in total. The minimum Gasteiger partial charge on any atom is -0.483 e. The van der Waals surface area contributed by atoms with E-state index in [0.29, 0.717) is 10.8 Å². The number of fused-ring (bicyclic) bond motifs is 1. The molecule has 1 unspecified atom stereocenters. The summed E-state index contributed by atoms with van der Waals surface area (Å²) >= 11 is 5.98. The molecule has 1 N–H and O–H groups in total. The molecule has 31 heavy (non-hydrogen) atoms. The third-order valence-electron chi connectivity index (χ3n) is 4.97. The van der Waals surface area contributed by atoms with Crippen LogP contribution in [0.4, 0.5) is 0 Å². The van der Waals surface area contributed by atoms with Gasteiger partial charge in [-0.25, -0.2) is 0 Å². The Morgan fingerprint density at radius 1 is 0.968 bits per heavy atom. The number of nitrogens with zero attached hydrogens (tertiary/aromatic N) is 1.